The molecule has 0 saturated carbocycles. The molecule has 2 aromatic carbocycles. The summed E-state index contributed by atoms with van der Waals surface area (Å²) in [6.45, 7) is 10.8. The van der Waals surface area contributed by atoms with E-state index in [1.807, 2.05) is 37.3 Å². The number of aryl methyl sites for hydroxylation is 1. The van der Waals surface area contributed by atoms with Crippen molar-refractivity contribution in [3.63, 3.8) is 0 Å². The van der Waals surface area contributed by atoms with E-state index in [9.17, 15) is 4.79 Å². The Labute approximate surface area is 182 Å². The normalized spacial score (nSPS) is 11.3. The first-order valence-electron chi connectivity index (χ1n) is 10.1. The van der Waals surface area contributed by atoms with Crippen LogP contribution in [0.1, 0.15) is 72.5 Å². The van der Waals surface area contributed by atoms with Crippen LogP contribution in [0.15, 0.2) is 52.1 Å². The molecular weight excluding hydrogens is 396 g/mol. The third-order valence-corrected chi connectivity index (χ3v) is 5.64. The molecule has 0 saturated heterocycles. The molecule has 1 heterocycles. The van der Waals surface area contributed by atoms with Gasteiger partial charge in [0, 0.05) is 5.56 Å². The molecule has 0 radical (unpaired) electrons. The third-order valence-electron chi connectivity index (χ3n) is 4.82. The van der Waals surface area contributed by atoms with Crippen LogP contribution in [-0.4, -0.2) is 21.7 Å². The minimum Gasteiger partial charge on any atom is -0.484 e. The van der Waals surface area contributed by atoms with Gasteiger partial charge in [0.1, 0.15) is 5.75 Å². The van der Waals surface area contributed by atoms with Crippen molar-refractivity contribution in [2.24, 2.45) is 0 Å². The number of ketones is 1. The van der Waals surface area contributed by atoms with Gasteiger partial charge in [-0.1, -0.05) is 75.9 Å². The SMILES string of the molecule is Cc1ccc(C(C)C)c(OCc2nnc(SCC(=O)c3ccc(C(C)C)cc3)o2)c1. The minimum atomic E-state index is 0.0349. The fourth-order valence-electron chi connectivity index (χ4n) is 3.00. The Morgan fingerprint density at radius 3 is 2.43 bits per heavy atom. The van der Waals surface area contributed by atoms with Crippen LogP contribution in [0.25, 0.3) is 0 Å². The van der Waals surface area contributed by atoms with Crippen molar-refractivity contribution in [2.75, 3.05) is 5.75 Å². The second-order valence-electron chi connectivity index (χ2n) is 7.93. The van der Waals surface area contributed by atoms with Crippen LogP contribution in [0.5, 0.6) is 5.75 Å². The number of benzene rings is 2. The molecule has 0 N–H and O–H groups in total. The molecule has 0 unspecified atom stereocenters. The number of nitrogens with zero attached hydrogens (tertiary/aromatic N) is 2. The molecule has 0 amide bonds. The van der Waals surface area contributed by atoms with Crippen molar-refractivity contribution in [3.8, 4) is 5.75 Å². The summed E-state index contributed by atoms with van der Waals surface area (Å²) in [6.07, 6.45) is 0. The Morgan fingerprint density at radius 1 is 1.03 bits per heavy atom. The van der Waals surface area contributed by atoms with Gasteiger partial charge in [-0.3, -0.25) is 4.79 Å². The first-order valence-corrected chi connectivity index (χ1v) is 11.1. The fourth-order valence-corrected chi connectivity index (χ4v) is 3.68. The number of hydrogen-bond acceptors (Lipinski definition) is 6. The highest BCUT2D eigenvalue weighted by molar-refractivity contribution is 7.99. The first kappa shape index (κ1) is 22.1. The average Bonchev–Trinajstić information content (AvgIpc) is 3.18. The number of thioether (sulfide) groups is 1. The third kappa shape index (κ3) is 5.72. The maximum absolute atomic E-state index is 12.4. The van der Waals surface area contributed by atoms with Gasteiger partial charge in [-0.25, -0.2) is 0 Å². The molecule has 0 bridgehead atoms. The molecule has 0 spiro atoms. The molecule has 3 rings (SSSR count). The molecule has 0 aliphatic rings. The summed E-state index contributed by atoms with van der Waals surface area (Å²) in [5, 5.41) is 8.43. The van der Waals surface area contributed by atoms with Crippen LogP contribution in [0.2, 0.25) is 0 Å². The second-order valence-corrected chi connectivity index (χ2v) is 8.86. The van der Waals surface area contributed by atoms with Gasteiger partial charge in [-0.05, 0) is 41.5 Å². The van der Waals surface area contributed by atoms with Gasteiger partial charge in [0.2, 0.25) is 0 Å². The molecule has 6 heteroatoms. The monoisotopic (exact) mass is 424 g/mol. The Morgan fingerprint density at radius 2 is 1.77 bits per heavy atom. The van der Waals surface area contributed by atoms with E-state index in [0.717, 1.165) is 16.9 Å². The van der Waals surface area contributed by atoms with Crippen LogP contribution in [0, 0.1) is 6.92 Å². The molecule has 1 aromatic heterocycles. The topological polar surface area (TPSA) is 65.2 Å². The lowest BCUT2D eigenvalue weighted by Gasteiger charge is -2.13. The summed E-state index contributed by atoms with van der Waals surface area (Å²) in [5.41, 5.74) is 4.19. The molecule has 30 heavy (non-hydrogen) atoms. The molecular formula is C24H28N2O3S. The van der Waals surface area contributed by atoms with Gasteiger partial charge < -0.3 is 9.15 Å². The van der Waals surface area contributed by atoms with Crippen molar-refractivity contribution in [3.05, 3.63) is 70.6 Å². The first-order chi connectivity index (χ1) is 14.3. The molecule has 5 nitrogen and oxygen atoms in total. The molecule has 0 aliphatic heterocycles. The Bertz CT molecular complexity index is 994. The second kappa shape index (κ2) is 9.94. The van der Waals surface area contributed by atoms with E-state index < -0.39 is 0 Å². The van der Waals surface area contributed by atoms with Crippen LogP contribution in [0.3, 0.4) is 0 Å². The van der Waals surface area contributed by atoms with Crippen molar-refractivity contribution in [1.29, 1.82) is 0 Å². The van der Waals surface area contributed by atoms with Gasteiger partial charge in [0.25, 0.3) is 11.1 Å². The highest BCUT2D eigenvalue weighted by atomic mass is 32.2. The van der Waals surface area contributed by atoms with Crippen LogP contribution in [0.4, 0.5) is 0 Å². The van der Waals surface area contributed by atoms with Gasteiger partial charge in [0.15, 0.2) is 12.4 Å². The number of carbonyl (C=O) groups excluding carboxylic acids is 1. The van der Waals surface area contributed by atoms with Gasteiger partial charge >= 0.3 is 0 Å². The summed E-state index contributed by atoms with van der Waals surface area (Å²) in [6, 6.07) is 13.9. The van der Waals surface area contributed by atoms with Crippen LogP contribution >= 0.6 is 11.8 Å². The van der Waals surface area contributed by atoms with E-state index >= 15 is 0 Å². The number of aromatic nitrogens is 2. The zero-order valence-electron chi connectivity index (χ0n) is 18.1. The largest absolute Gasteiger partial charge is 0.484 e. The summed E-state index contributed by atoms with van der Waals surface area (Å²) < 4.78 is 11.6. The van der Waals surface area contributed by atoms with Gasteiger partial charge in [-0.15, -0.1) is 10.2 Å². The lowest BCUT2D eigenvalue weighted by Crippen LogP contribution is -2.02. The highest BCUT2D eigenvalue weighted by Gasteiger charge is 2.14. The quantitative estimate of drug-likeness (QED) is 0.302. The number of Topliss-reactive ketones (excluding diaryl/α,β-unsaturated/α-hetero) is 1. The van der Waals surface area contributed by atoms with Gasteiger partial charge in [0.05, 0.1) is 5.75 Å². The number of ether oxygens (including phenoxy) is 1. The number of rotatable bonds is 9. The number of hydrogen-bond donors (Lipinski definition) is 0. The molecule has 0 atom stereocenters. The van der Waals surface area contributed by atoms with E-state index in [4.69, 9.17) is 9.15 Å². The molecule has 0 fully saturated rings. The lowest BCUT2D eigenvalue weighted by molar-refractivity contribution is 0.102. The molecule has 0 aliphatic carbocycles. The molecule has 158 valence electrons. The standard InChI is InChI=1S/C24H28N2O3S/c1-15(2)18-7-9-19(10-8-18)21(27)14-30-24-26-25-23(29-24)13-28-22-12-17(5)6-11-20(22)16(3)4/h6-12,15-16H,13-14H2,1-5H3. The zero-order valence-corrected chi connectivity index (χ0v) is 19.0. The van der Waals surface area contributed by atoms with Crippen molar-refractivity contribution in [1.82, 2.24) is 10.2 Å². The summed E-state index contributed by atoms with van der Waals surface area (Å²) >= 11 is 1.24. The van der Waals surface area contributed by atoms with Crippen molar-refractivity contribution < 1.29 is 13.9 Å². The van der Waals surface area contributed by atoms with Gasteiger partial charge in [-0.2, -0.15) is 0 Å². The summed E-state index contributed by atoms with van der Waals surface area (Å²) in [7, 11) is 0. The van der Waals surface area contributed by atoms with Crippen LogP contribution in [-0.2, 0) is 6.61 Å². The molecule has 3 aromatic rings. The Kier molecular flexibility index (Phi) is 7.32. The Balaban J connectivity index is 1.55. The van der Waals surface area contributed by atoms with Crippen LogP contribution < -0.4 is 4.74 Å². The maximum Gasteiger partial charge on any atom is 0.277 e. The highest BCUT2D eigenvalue weighted by Crippen LogP contribution is 2.28. The lowest BCUT2D eigenvalue weighted by atomic mass is 10.0. The number of carbonyl (C=O) groups is 1. The zero-order chi connectivity index (χ0) is 21.7. The average molecular weight is 425 g/mol. The Hall–Kier alpha value is -2.60. The summed E-state index contributed by atoms with van der Waals surface area (Å²) in [4.78, 5) is 12.4. The predicted octanol–water partition coefficient (Wildman–Crippen LogP) is 6.18. The van der Waals surface area contributed by atoms with E-state index in [1.165, 1.54) is 17.3 Å². The minimum absolute atomic E-state index is 0.0349. The van der Waals surface area contributed by atoms with Crippen molar-refractivity contribution >= 4 is 17.5 Å². The van der Waals surface area contributed by atoms with E-state index in [2.05, 4.69) is 50.0 Å². The smallest absolute Gasteiger partial charge is 0.277 e. The fraction of sp³-hybridized carbons (Fsp3) is 0.375. The van der Waals surface area contributed by atoms with E-state index in [1.54, 1.807) is 0 Å². The van der Waals surface area contributed by atoms with Crippen molar-refractivity contribution in [2.45, 2.75) is 58.3 Å². The van der Waals surface area contributed by atoms with E-state index in [0.29, 0.717) is 28.5 Å². The van der Waals surface area contributed by atoms with E-state index in [-0.39, 0.29) is 18.1 Å². The summed E-state index contributed by atoms with van der Waals surface area (Å²) in [5.74, 6) is 2.31. The predicted molar refractivity (Wildman–Crippen MR) is 119 cm³/mol. The maximum atomic E-state index is 12.4.